The molecule has 0 atom stereocenters. The summed E-state index contributed by atoms with van der Waals surface area (Å²) < 4.78 is 5.94. The van der Waals surface area contributed by atoms with E-state index in [0.717, 1.165) is 27.7 Å². The summed E-state index contributed by atoms with van der Waals surface area (Å²) in [7, 11) is 0. The van der Waals surface area contributed by atoms with Gasteiger partial charge in [-0.1, -0.05) is 13.0 Å². The molecule has 0 aliphatic rings. The molecule has 0 aliphatic carbocycles. The van der Waals surface area contributed by atoms with Gasteiger partial charge in [0, 0.05) is 4.88 Å². The van der Waals surface area contributed by atoms with Crippen LogP contribution in [0.25, 0.3) is 0 Å². The second-order valence-corrected chi connectivity index (χ2v) is 6.33. The summed E-state index contributed by atoms with van der Waals surface area (Å²) in [5.41, 5.74) is 4.64. The van der Waals surface area contributed by atoms with E-state index in [1.165, 1.54) is 16.7 Å². The lowest BCUT2D eigenvalue weighted by Gasteiger charge is -2.11. The summed E-state index contributed by atoms with van der Waals surface area (Å²) in [5.74, 6) is 0.919. The molecular weight excluding hydrogens is 280 g/mol. The van der Waals surface area contributed by atoms with E-state index >= 15 is 0 Å². The molecule has 1 heterocycles. The second-order valence-electron chi connectivity index (χ2n) is 5.16. The number of nitrogens with zero attached hydrogens (tertiary/aromatic N) is 2. The van der Waals surface area contributed by atoms with Crippen LogP contribution in [-0.4, -0.2) is 4.98 Å². The van der Waals surface area contributed by atoms with Crippen molar-refractivity contribution in [1.29, 1.82) is 5.26 Å². The Hall–Kier alpha value is -1.86. The van der Waals surface area contributed by atoms with Crippen LogP contribution in [0.2, 0.25) is 0 Å². The van der Waals surface area contributed by atoms with E-state index in [4.69, 9.17) is 10.00 Å². The molecular formula is C17H20N2OS. The topological polar surface area (TPSA) is 45.9 Å². The third kappa shape index (κ3) is 3.62. The Morgan fingerprint density at radius 3 is 2.71 bits per heavy atom. The van der Waals surface area contributed by atoms with Crippen LogP contribution in [0.1, 0.15) is 39.2 Å². The van der Waals surface area contributed by atoms with Gasteiger partial charge in [-0.25, -0.2) is 4.98 Å². The van der Waals surface area contributed by atoms with Crippen LogP contribution < -0.4 is 4.74 Å². The van der Waals surface area contributed by atoms with Gasteiger partial charge in [-0.15, -0.1) is 11.3 Å². The van der Waals surface area contributed by atoms with Crippen LogP contribution in [0.5, 0.6) is 5.75 Å². The summed E-state index contributed by atoms with van der Waals surface area (Å²) in [6, 6.07) is 6.42. The fourth-order valence-electron chi connectivity index (χ4n) is 2.27. The highest BCUT2D eigenvalue weighted by molar-refractivity contribution is 7.11. The quantitative estimate of drug-likeness (QED) is 0.828. The number of ether oxygens (including phenoxy) is 1. The van der Waals surface area contributed by atoms with Gasteiger partial charge in [0.05, 0.1) is 18.2 Å². The SMILES string of the molecule is CCc1nc(COc2cc(C)cc(C)c2C)sc1CC#N. The summed E-state index contributed by atoms with van der Waals surface area (Å²) >= 11 is 1.58. The van der Waals surface area contributed by atoms with Gasteiger partial charge in [-0.3, -0.25) is 0 Å². The van der Waals surface area contributed by atoms with Crippen molar-refractivity contribution in [1.82, 2.24) is 4.98 Å². The third-order valence-corrected chi connectivity index (χ3v) is 4.58. The fourth-order valence-corrected chi connectivity index (χ4v) is 3.28. The molecule has 0 spiro atoms. The molecule has 3 nitrogen and oxygen atoms in total. The standard InChI is InChI=1S/C17H20N2OS/c1-5-14-16(6-7-18)21-17(19-14)10-20-15-9-11(2)8-12(3)13(15)4/h8-9H,5-6,10H2,1-4H3. The molecule has 0 fully saturated rings. The van der Waals surface area contributed by atoms with Gasteiger partial charge in [0.25, 0.3) is 0 Å². The van der Waals surface area contributed by atoms with Crippen molar-refractivity contribution in [3.8, 4) is 11.8 Å². The van der Waals surface area contributed by atoms with Crippen molar-refractivity contribution in [2.75, 3.05) is 0 Å². The van der Waals surface area contributed by atoms with Gasteiger partial charge in [-0.05, 0) is 49.9 Å². The number of nitriles is 1. The van der Waals surface area contributed by atoms with Gasteiger partial charge in [0.15, 0.2) is 0 Å². The van der Waals surface area contributed by atoms with Crippen molar-refractivity contribution in [2.45, 2.75) is 47.1 Å². The lowest BCUT2D eigenvalue weighted by Crippen LogP contribution is -1.98. The average molecular weight is 300 g/mol. The largest absolute Gasteiger partial charge is 0.486 e. The lowest BCUT2D eigenvalue weighted by molar-refractivity contribution is 0.303. The molecule has 2 aromatic rings. The van der Waals surface area contributed by atoms with Crippen molar-refractivity contribution >= 4 is 11.3 Å². The molecule has 2 rings (SSSR count). The van der Waals surface area contributed by atoms with Crippen LogP contribution in [-0.2, 0) is 19.4 Å². The Balaban J connectivity index is 2.15. The molecule has 1 aromatic heterocycles. The van der Waals surface area contributed by atoms with Crippen LogP contribution in [0.4, 0.5) is 0 Å². The molecule has 1 aromatic carbocycles. The minimum Gasteiger partial charge on any atom is -0.486 e. The first kappa shape index (κ1) is 15.5. The molecule has 0 saturated carbocycles. The maximum atomic E-state index is 8.85. The van der Waals surface area contributed by atoms with Crippen molar-refractivity contribution in [3.63, 3.8) is 0 Å². The Kier molecular flexibility index (Phi) is 4.98. The first-order chi connectivity index (χ1) is 10.0. The number of hydrogen-bond donors (Lipinski definition) is 0. The molecule has 0 unspecified atom stereocenters. The van der Waals surface area contributed by atoms with Crippen LogP contribution in [0.15, 0.2) is 12.1 Å². The normalized spacial score (nSPS) is 10.4. The highest BCUT2D eigenvalue weighted by Gasteiger charge is 2.11. The lowest BCUT2D eigenvalue weighted by atomic mass is 10.1. The predicted molar refractivity (Wildman–Crippen MR) is 85.8 cm³/mol. The zero-order valence-electron chi connectivity index (χ0n) is 13.0. The summed E-state index contributed by atoms with van der Waals surface area (Å²) in [5, 5.41) is 9.79. The molecule has 0 bridgehead atoms. The van der Waals surface area contributed by atoms with Crippen molar-refractivity contribution in [3.05, 3.63) is 44.4 Å². The summed E-state index contributed by atoms with van der Waals surface area (Å²) in [6.45, 7) is 8.77. The first-order valence-corrected chi connectivity index (χ1v) is 7.91. The average Bonchev–Trinajstić information content (AvgIpc) is 2.84. The Morgan fingerprint density at radius 1 is 1.29 bits per heavy atom. The minimum atomic E-state index is 0.434. The Labute approximate surface area is 130 Å². The first-order valence-electron chi connectivity index (χ1n) is 7.10. The molecule has 0 radical (unpaired) electrons. The molecule has 0 saturated heterocycles. The number of aryl methyl sites for hydroxylation is 3. The van der Waals surface area contributed by atoms with Crippen molar-refractivity contribution < 1.29 is 4.74 Å². The van der Waals surface area contributed by atoms with Gasteiger partial charge in [0.1, 0.15) is 17.4 Å². The van der Waals surface area contributed by atoms with E-state index in [1.54, 1.807) is 11.3 Å². The number of thiazole rings is 1. The van der Waals surface area contributed by atoms with E-state index < -0.39 is 0 Å². The van der Waals surface area contributed by atoms with E-state index in [2.05, 4.69) is 50.9 Å². The van der Waals surface area contributed by atoms with Gasteiger partial charge in [-0.2, -0.15) is 5.26 Å². The molecule has 21 heavy (non-hydrogen) atoms. The zero-order valence-corrected chi connectivity index (χ0v) is 13.8. The number of benzene rings is 1. The zero-order chi connectivity index (χ0) is 15.4. The number of hydrogen-bond acceptors (Lipinski definition) is 4. The third-order valence-electron chi connectivity index (χ3n) is 3.51. The number of aromatic nitrogens is 1. The highest BCUT2D eigenvalue weighted by atomic mass is 32.1. The van der Waals surface area contributed by atoms with Crippen molar-refractivity contribution in [2.24, 2.45) is 0 Å². The molecule has 0 amide bonds. The minimum absolute atomic E-state index is 0.434. The fraction of sp³-hybridized carbons (Fsp3) is 0.412. The molecule has 4 heteroatoms. The summed E-state index contributed by atoms with van der Waals surface area (Å²) in [6.07, 6.45) is 1.29. The predicted octanol–water partition coefficient (Wildman–Crippen LogP) is 4.28. The maximum absolute atomic E-state index is 8.85. The van der Waals surface area contributed by atoms with E-state index in [-0.39, 0.29) is 0 Å². The molecule has 0 aliphatic heterocycles. The van der Waals surface area contributed by atoms with E-state index in [0.29, 0.717) is 13.0 Å². The van der Waals surface area contributed by atoms with Crippen LogP contribution >= 0.6 is 11.3 Å². The van der Waals surface area contributed by atoms with Gasteiger partial charge < -0.3 is 4.74 Å². The maximum Gasteiger partial charge on any atom is 0.140 e. The smallest absolute Gasteiger partial charge is 0.140 e. The van der Waals surface area contributed by atoms with Gasteiger partial charge >= 0.3 is 0 Å². The van der Waals surface area contributed by atoms with E-state index in [9.17, 15) is 0 Å². The highest BCUT2D eigenvalue weighted by Crippen LogP contribution is 2.26. The van der Waals surface area contributed by atoms with E-state index in [1.807, 2.05) is 0 Å². The Bertz CT molecular complexity index is 683. The Morgan fingerprint density at radius 2 is 2.05 bits per heavy atom. The second kappa shape index (κ2) is 6.73. The van der Waals surface area contributed by atoms with Crippen LogP contribution in [0.3, 0.4) is 0 Å². The number of rotatable bonds is 5. The van der Waals surface area contributed by atoms with Gasteiger partial charge in [0.2, 0.25) is 0 Å². The van der Waals surface area contributed by atoms with Crippen LogP contribution in [0, 0.1) is 32.1 Å². The molecule has 110 valence electrons. The monoisotopic (exact) mass is 300 g/mol. The summed E-state index contributed by atoms with van der Waals surface area (Å²) in [4.78, 5) is 5.64. The molecule has 0 N–H and O–H groups in total.